The maximum Gasteiger partial charge on any atom is 0.244 e. The third kappa shape index (κ3) is 6.27. The molecule has 0 aliphatic heterocycles. The summed E-state index contributed by atoms with van der Waals surface area (Å²) in [5.74, 6) is -1.48. The lowest BCUT2D eigenvalue weighted by atomic mass is 10.1. The first kappa shape index (κ1) is 23.8. The molecule has 30 heavy (non-hydrogen) atoms. The Hall–Kier alpha value is -2.46. The van der Waals surface area contributed by atoms with Gasteiger partial charge in [-0.15, -0.1) is 0 Å². The number of carbonyl (C=O) groups excluding carboxylic acids is 2. The summed E-state index contributed by atoms with van der Waals surface area (Å²) in [4.78, 5) is 26.7. The Morgan fingerprint density at radius 1 is 1.17 bits per heavy atom. The minimum Gasteiger partial charge on any atom is -0.357 e. The van der Waals surface area contributed by atoms with Crippen molar-refractivity contribution in [2.45, 2.75) is 19.5 Å². The molecule has 2 aromatic carbocycles. The molecule has 1 atom stereocenters. The van der Waals surface area contributed by atoms with Gasteiger partial charge in [-0.1, -0.05) is 28.1 Å². The van der Waals surface area contributed by atoms with Crippen molar-refractivity contribution >= 4 is 43.5 Å². The predicted molar refractivity (Wildman–Crippen MR) is 117 cm³/mol. The zero-order chi connectivity index (χ0) is 22.5. The number of likely N-dealkylation sites (N-methyl/N-ethyl adjacent to an activating group) is 1. The average molecular weight is 500 g/mol. The second kappa shape index (κ2) is 10.0. The smallest absolute Gasteiger partial charge is 0.244 e. The molecule has 0 aliphatic carbocycles. The Kier molecular flexibility index (Phi) is 7.96. The van der Waals surface area contributed by atoms with Gasteiger partial charge in [-0.2, -0.15) is 0 Å². The summed E-state index contributed by atoms with van der Waals surface area (Å²) in [7, 11) is -2.37. The number of sulfonamides is 1. The van der Waals surface area contributed by atoms with Crippen LogP contribution in [-0.4, -0.2) is 51.0 Å². The molecule has 0 saturated heterocycles. The number of nitrogens with zero attached hydrogens (tertiary/aromatic N) is 2. The summed E-state index contributed by atoms with van der Waals surface area (Å²) < 4.78 is 39.6. The number of nitrogens with one attached hydrogen (secondary N) is 1. The van der Waals surface area contributed by atoms with Crippen LogP contribution < -0.4 is 9.62 Å². The van der Waals surface area contributed by atoms with Crippen LogP contribution >= 0.6 is 15.9 Å². The highest BCUT2D eigenvalue weighted by atomic mass is 79.9. The molecule has 0 spiro atoms. The van der Waals surface area contributed by atoms with Crippen molar-refractivity contribution < 1.29 is 22.4 Å². The van der Waals surface area contributed by atoms with Crippen molar-refractivity contribution in [3.8, 4) is 0 Å². The highest BCUT2D eigenvalue weighted by molar-refractivity contribution is 9.10. The van der Waals surface area contributed by atoms with E-state index in [2.05, 4.69) is 21.2 Å². The first-order valence-corrected chi connectivity index (χ1v) is 11.7. The molecule has 0 bridgehead atoms. The predicted octanol–water partition coefficient (Wildman–Crippen LogP) is 2.52. The van der Waals surface area contributed by atoms with Gasteiger partial charge >= 0.3 is 0 Å². The van der Waals surface area contributed by atoms with E-state index in [1.165, 1.54) is 24.1 Å². The molecule has 10 heteroatoms. The average Bonchev–Trinajstić information content (AvgIpc) is 2.69. The highest BCUT2D eigenvalue weighted by Crippen LogP contribution is 2.20. The van der Waals surface area contributed by atoms with Gasteiger partial charge in [0.1, 0.15) is 18.4 Å². The third-order valence-electron chi connectivity index (χ3n) is 4.45. The summed E-state index contributed by atoms with van der Waals surface area (Å²) in [5, 5.41) is 2.50. The molecule has 0 fully saturated rings. The summed E-state index contributed by atoms with van der Waals surface area (Å²) in [5.41, 5.74) is 0.920. The molecule has 1 N–H and O–H groups in total. The van der Waals surface area contributed by atoms with Crippen molar-refractivity contribution in [2.24, 2.45) is 0 Å². The van der Waals surface area contributed by atoms with Gasteiger partial charge in [0.05, 0.1) is 11.9 Å². The Morgan fingerprint density at radius 3 is 2.33 bits per heavy atom. The SMILES string of the molecule is CNC(=O)C(C)N(Cc1cccc(Br)c1)C(=O)CN(c1ccc(F)cc1)S(C)(=O)=O. The molecule has 0 aromatic heterocycles. The van der Waals surface area contributed by atoms with Crippen LogP contribution in [-0.2, 0) is 26.2 Å². The fraction of sp³-hybridized carbons (Fsp3) is 0.300. The van der Waals surface area contributed by atoms with Crippen LogP contribution in [0.15, 0.2) is 53.0 Å². The highest BCUT2D eigenvalue weighted by Gasteiger charge is 2.29. The van der Waals surface area contributed by atoms with Gasteiger partial charge in [-0.25, -0.2) is 12.8 Å². The van der Waals surface area contributed by atoms with E-state index in [-0.39, 0.29) is 18.1 Å². The lowest BCUT2D eigenvalue weighted by Crippen LogP contribution is -2.50. The van der Waals surface area contributed by atoms with Crippen LogP contribution in [0.25, 0.3) is 0 Å². The Morgan fingerprint density at radius 2 is 1.80 bits per heavy atom. The minimum atomic E-state index is -3.84. The first-order chi connectivity index (χ1) is 14.0. The molecule has 2 aromatic rings. The van der Waals surface area contributed by atoms with Gasteiger partial charge < -0.3 is 10.2 Å². The summed E-state index contributed by atoms with van der Waals surface area (Å²) in [6, 6.07) is 11.2. The molecule has 0 saturated carbocycles. The van der Waals surface area contributed by atoms with E-state index >= 15 is 0 Å². The summed E-state index contributed by atoms with van der Waals surface area (Å²) in [6.45, 7) is 1.14. The van der Waals surface area contributed by atoms with Crippen LogP contribution in [0.2, 0.25) is 0 Å². The fourth-order valence-corrected chi connectivity index (χ4v) is 4.14. The number of hydrogen-bond donors (Lipinski definition) is 1. The van der Waals surface area contributed by atoms with Gasteiger partial charge in [-0.3, -0.25) is 13.9 Å². The van der Waals surface area contributed by atoms with E-state index in [1.807, 2.05) is 12.1 Å². The van der Waals surface area contributed by atoms with Crippen LogP contribution in [0.4, 0.5) is 10.1 Å². The molecule has 0 heterocycles. The van der Waals surface area contributed by atoms with E-state index in [9.17, 15) is 22.4 Å². The van der Waals surface area contributed by atoms with E-state index in [0.29, 0.717) is 0 Å². The molecule has 0 aliphatic rings. The zero-order valence-electron chi connectivity index (χ0n) is 16.8. The van der Waals surface area contributed by atoms with E-state index < -0.39 is 34.3 Å². The molecule has 0 radical (unpaired) electrons. The van der Waals surface area contributed by atoms with E-state index in [1.54, 1.807) is 19.1 Å². The van der Waals surface area contributed by atoms with Crippen LogP contribution in [0.5, 0.6) is 0 Å². The number of anilines is 1. The van der Waals surface area contributed by atoms with Crippen molar-refractivity contribution in [1.29, 1.82) is 0 Å². The van der Waals surface area contributed by atoms with Gasteiger partial charge in [0, 0.05) is 18.1 Å². The minimum absolute atomic E-state index is 0.105. The standard InChI is InChI=1S/C20H23BrFN3O4S/c1-14(20(27)23-2)24(12-15-5-4-6-16(21)11-15)19(26)13-25(30(3,28)29)18-9-7-17(22)8-10-18/h4-11,14H,12-13H2,1-3H3,(H,23,27). The van der Waals surface area contributed by atoms with Crippen molar-refractivity contribution in [2.75, 3.05) is 24.2 Å². The van der Waals surface area contributed by atoms with Crippen LogP contribution in [0, 0.1) is 5.82 Å². The second-order valence-electron chi connectivity index (χ2n) is 6.69. The second-order valence-corrected chi connectivity index (χ2v) is 9.51. The molecule has 7 nitrogen and oxygen atoms in total. The van der Waals surface area contributed by atoms with Crippen molar-refractivity contribution in [3.63, 3.8) is 0 Å². The monoisotopic (exact) mass is 499 g/mol. The molecule has 2 rings (SSSR count). The normalized spacial score (nSPS) is 12.2. The molecular formula is C20H23BrFN3O4S. The van der Waals surface area contributed by atoms with Crippen LogP contribution in [0.3, 0.4) is 0 Å². The van der Waals surface area contributed by atoms with Crippen LogP contribution in [0.1, 0.15) is 12.5 Å². The summed E-state index contributed by atoms with van der Waals surface area (Å²) in [6.07, 6.45) is 0.963. The maximum absolute atomic E-state index is 13.3. The quantitative estimate of drug-likeness (QED) is 0.604. The van der Waals surface area contributed by atoms with E-state index in [0.717, 1.165) is 32.7 Å². The number of carbonyl (C=O) groups is 2. The summed E-state index contributed by atoms with van der Waals surface area (Å²) >= 11 is 3.37. The molecule has 162 valence electrons. The largest absolute Gasteiger partial charge is 0.357 e. The number of halogens is 2. The number of hydrogen-bond acceptors (Lipinski definition) is 4. The third-order valence-corrected chi connectivity index (χ3v) is 6.08. The molecule has 2 amide bonds. The van der Waals surface area contributed by atoms with Gasteiger partial charge in [0.25, 0.3) is 0 Å². The molecule has 1 unspecified atom stereocenters. The first-order valence-electron chi connectivity index (χ1n) is 9.01. The zero-order valence-corrected chi connectivity index (χ0v) is 19.2. The lowest BCUT2D eigenvalue weighted by Gasteiger charge is -2.31. The van der Waals surface area contributed by atoms with Gasteiger partial charge in [0.2, 0.25) is 21.8 Å². The number of rotatable bonds is 8. The van der Waals surface area contributed by atoms with Crippen molar-refractivity contribution in [3.05, 3.63) is 64.4 Å². The Labute approximate surface area is 184 Å². The molecular weight excluding hydrogens is 477 g/mol. The Bertz CT molecular complexity index is 1010. The fourth-order valence-electron chi connectivity index (χ4n) is 2.84. The van der Waals surface area contributed by atoms with E-state index in [4.69, 9.17) is 0 Å². The Balaban J connectivity index is 2.36. The topological polar surface area (TPSA) is 86.8 Å². The van der Waals surface area contributed by atoms with Crippen molar-refractivity contribution in [1.82, 2.24) is 10.2 Å². The maximum atomic E-state index is 13.3. The number of amides is 2. The van der Waals surface area contributed by atoms with Gasteiger partial charge in [0.15, 0.2) is 0 Å². The van der Waals surface area contributed by atoms with Gasteiger partial charge in [-0.05, 0) is 48.9 Å². The number of benzene rings is 2. The lowest BCUT2D eigenvalue weighted by molar-refractivity contribution is -0.139.